The van der Waals surface area contributed by atoms with Gasteiger partial charge in [-0.3, -0.25) is 4.68 Å². The molecule has 0 bridgehead atoms. The highest BCUT2D eigenvalue weighted by atomic mass is 19.1. The first-order chi connectivity index (χ1) is 11.5. The Balaban J connectivity index is 1.60. The first-order valence-electron chi connectivity index (χ1n) is 7.85. The van der Waals surface area contributed by atoms with Crippen LogP contribution in [0.3, 0.4) is 0 Å². The lowest BCUT2D eigenvalue weighted by Gasteiger charge is -2.25. The third kappa shape index (κ3) is 3.88. The number of urea groups is 1. The van der Waals surface area contributed by atoms with Crippen molar-refractivity contribution in [3.8, 4) is 0 Å². The van der Waals surface area contributed by atoms with Gasteiger partial charge < -0.3 is 15.3 Å². The Morgan fingerprint density at radius 3 is 2.75 bits per heavy atom. The van der Waals surface area contributed by atoms with E-state index in [-0.39, 0.29) is 31.0 Å². The van der Waals surface area contributed by atoms with Crippen molar-refractivity contribution < 1.29 is 14.3 Å². The molecule has 1 aliphatic rings. The number of aryl methyl sites for hydroxylation is 1. The molecule has 128 valence electrons. The number of carbonyl (C=O) groups excluding carboxylic acids is 1. The van der Waals surface area contributed by atoms with Gasteiger partial charge in [-0.25, -0.2) is 14.2 Å². The second-order valence-corrected chi connectivity index (χ2v) is 5.91. The molecule has 2 aromatic rings. The minimum atomic E-state index is -0.855. The Morgan fingerprint density at radius 1 is 1.46 bits per heavy atom. The van der Waals surface area contributed by atoms with Gasteiger partial charge in [0.1, 0.15) is 18.0 Å². The highest BCUT2D eigenvalue weighted by Crippen LogP contribution is 2.29. The molecule has 1 unspecified atom stereocenters. The van der Waals surface area contributed by atoms with Crippen molar-refractivity contribution in [2.75, 3.05) is 6.54 Å². The number of amides is 2. The molecule has 1 aromatic carbocycles. The smallest absolute Gasteiger partial charge is 0.318 e. The lowest BCUT2D eigenvalue weighted by molar-refractivity contribution is 0.117. The Kier molecular flexibility index (Phi) is 4.75. The Labute approximate surface area is 139 Å². The number of aliphatic hydroxyl groups is 1. The summed E-state index contributed by atoms with van der Waals surface area (Å²) in [4.78, 5) is 18.1. The summed E-state index contributed by atoms with van der Waals surface area (Å²) in [5.41, 5.74) is 0.586. The van der Waals surface area contributed by atoms with Crippen molar-refractivity contribution in [2.45, 2.75) is 31.5 Å². The fourth-order valence-corrected chi connectivity index (χ4v) is 2.50. The van der Waals surface area contributed by atoms with Crippen LogP contribution in [-0.2, 0) is 13.6 Å². The summed E-state index contributed by atoms with van der Waals surface area (Å²) >= 11 is 0. The van der Waals surface area contributed by atoms with Crippen molar-refractivity contribution in [1.82, 2.24) is 25.0 Å². The summed E-state index contributed by atoms with van der Waals surface area (Å²) in [5.74, 6) is 0.296. The molecular weight excluding hydrogens is 313 g/mol. The summed E-state index contributed by atoms with van der Waals surface area (Å²) in [6.45, 7) is 0.437. The van der Waals surface area contributed by atoms with E-state index in [1.54, 1.807) is 16.6 Å². The topological polar surface area (TPSA) is 83.3 Å². The molecule has 1 saturated carbocycles. The standard InChI is InChI=1S/C16H20FN5O2/c1-21-15(19-10-20-21)8-18-16(24)22(13-6-7-13)9-14(23)11-2-4-12(17)5-3-11/h2-5,10,13-14,23H,6-9H2,1H3,(H,18,24). The molecule has 0 spiro atoms. The predicted molar refractivity (Wildman–Crippen MR) is 84.3 cm³/mol. The molecule has 0 radical (unpaired) electrons. The van der Waals surface area contributed by atoms with Crippen LogP contribution in [0.4, 0.5) is 9.18 Å². The number of rotatable bonds is 6. The van der Waals surface area contributed by atoms with E-state index in [2.05, 4.69) is 15.4 Å². The molecule has 2 N–H and O–H groups in total. The van der Waals surface area contributed by atoms with Crippen LogP contribution in [0, 0.1) is 5.82 Å². The van der Waals surface area contributed by atoms with Gasteiger partial charge in [0.25, 0.3) is 0 Å². The average molecular weight is 333 g/mol. The largest absolute Gasteiger partial charge is 0.387 e. The lowest BCUT2D eigenvalue weighted by atomic mass is 10.1. The third-order valence-electron chi connectivity index (χ3n) is 4.08. The number of carbonyl (C=O) groups is 1. The minimum absolute atomic E-state index is 0.139. The maximum absolute atomic E-state index is 13.0. The molecule has 1 heterocycles. The van der Waals surface area contributed by atoms with E-state index >= 15 is 0 Å². The van der Waals surface area contributed by atoms with Crippen LogP contribution in [0.2, 0.25) is 0 Å². The van der Waals surface area contributed by atoms with Gasteiger partial charge in [-0.15, -0.1) is 0 Å². The quantitative estimate of drug-likeness (QED) is 0.836. The van der Waals surface area contributed by atoms with Crippen LogP contribution >= 0.6 is 0 Å². The van der Waals surface area contributed by atoms with E-state index in [1.165, 1.54) is 30.6 Å². The molecule has 1 aliphatic carbocycles. The number of hydrogen-bond donors (Lipinski definition) is 2. The number of benzene rings is 1. The molecule has 3 rings (SSSR count). The lowest BCUT2D eigenvalue weighted by Crippen LogP contribution is -2.43. The highest BCUT2D eigenvalue weighted by molar-refractivity contribution is 5.74. The average Bonchev–Trinajstić information content (AvgIpc) is 3.33. The van der Waals surface area contributed by atoms with Crippen LogP contribution in [0.15, 0.2) is 30.6 Å². The number of nitrogens with zero attached hydrogens (tertiary/aromatic N) is 4. The number of aromatic nitrogens is 3. The van der Waals surface area contributed by atoms with Gasteiger partial charge in [0.05, 0.1) is 19.2 Å². The van der Waals surface area contributed by atoms with Gasteiger partial charge in [-0.2, -0.15) is 5.10 Å². The van der Waals surface area contributed by atoms with E-state index in [1.807, 2.05) is 0 Å². The summed E-state index contributed by atoms with van der Waals surface area (Å²) in [5, 5.41) is 17.1. The van der Waals surface area contributed by atoms with Crippen molar-refractivity contribution in [3.05, 3.63) is 47.8 Å². The molecular formula is C16H20FN5O2. The summed E-state index contributed by atoms with van der Waals surface area (Å²) in [6.07, 6.45) is 2.42. The second kappa shape index (κ2) is 6.96. The molecule has 1 fully saturated rings. The highest BCUT2D eigenvalue weighted by Gasteiger charge is 2.34. The number of hydrogen-bond acceptors (Lipinski definition) is 4. The number of nitrogens with one attached hydrogen (secondary N) is 1. The zero-order chi connectivity index (χ0) is 17.1. The molecule has 1 atom stereocenters. The SMILES string of the molecule is Cn1ncnc1CNC(=O)N(CC(O)c1ccc(F)cc1)C1CC1. The molecule has 8 heteroatoms. The van der Waals surface area contributed by atoms with Crippen LogP contribution in [0.25, 0.3) is 0 Å². The monoisotopic (exact) mass is 333 g/mol. The van der Waals surface area contributed by atoms with Crippen molar-refractivity contribution in [1.29, 1.82) is 0 Å². The van der Waals surface area contributed by atoms with Gasteiger partial charge in [0, 0.05) is 13.1 Å². The molecule has 24 heavy (non-hydrogen) atoms. The van der Waals surface area contributed by atoms with Crippen LogP contribution < -0.4 is 5.32 Å². The second-order valence-electron chi connectivity index (χ2n) is 5.91. The van der Waals surface area contributed by atoms with Gasteiger partial charge in [0.15, 0.2) is 0 Å². The third-order valence-corrected chi connectivity index (χ3v) is 4.08. The first kappa shape index (κ1) is 16.4. The van der Waals surface area contributed by atoms with Crippen molar-refractivity contribution >= 4 is 6.03 Å². The van der Waals surface area contributed by atoms with Gasteiger partial charge in [-0.05, 0) is 30.5 Å². The maximum Gasteiger partial charge on any atom is 0.318 e. The zero-order valence-electron chi connectivity index (χ0n) is 13.4. The molecule has 0 aliphatic heterocycles. The fourth-order valence-electron chi connectivity index (χ4n) is 2.50. The van der Waals surface area contributed by atoms with Gasteiger partial charge >= 0.3 is 6.03 Å². The normalized spacial score (nSPS) is 15.1. The van der Waals surface area contributed by atoms with E-state index in [0.717, 1.165) is 12.8 Å². The maximum atomic E-state index is 13.0. The molecule has 0 saturated heterocycles. The number of aliphatic hydroxyl groups excluding tert-OH is 1. The van der Waals surface area contributed by atoms with E-state index in [0.29, 0.717) is 11.4 Å². The van der Waals surface area contributed by atoms with E-state index < -0.39 is 6.10 Å². The Hall–Kier alpha value is -2.48. The Bertz CT molecular complexity index is 699. The molecule has 7 nitrogen and oxygen atoms in total. The summed E-state index contributed by atoms with van der Waals surface area (Å²) in [7, 11) is 1.76. The van der Waals surface area contributed by atoms with E-state index in [9.17, 15) is 14.3 Å². The number of halogens is 1. The first-order valence-corrected chi connectivity index (χ1v) is 7.85. The molecule has 2 amide bonds. The zero-order valence-corrected chi connectivity index (χ0v) is 13.4. The van der Waals surface area contributed by atoms with Crippen LogP contribution in [0.5, 0.6) is 0 Å². The fraction of sp³-hybridized carbons (Fsp3) is 0.438. The van der Waals surface area contributed by atoms with E-state index in [4.69, 9.17) is 0 Å². The predicted octanol–water partition coefficient (Wildman–Crippen LogP) is 1.36. The van der Waals surface area contributed by atoms with Gasteiger partial charge in [-0.1, -0.05) is 12.1 Å². The van der Waals surface area contributed by atoms with Crippen molar-refractivity contribution in [2.24, 2.45) is 7.05 Å². The Morgan fingerprint density at radius 2 is 2.17 bits per heavy atom. The van der Waals surface area contributed by atoms with Crippen molar-refractivity contribution in [3.63, 3.8) is 0 Å². The summed E-state index contributed by atoms with van der Waals surface area (Å²) < 4.78 is 14.6. The summed E-state index contributed by atoms with van der Waals surface area (Å²) in [6, 6.07) is 5.55. The van der Waals surface area contributed by atoms with Crippen LogP contribution in [0.1, 0.15) is 30.3 Å². The van der Waals surface area contributed by atoms with Crippen LogP contribution in [-0.4, -0.2) is 43.4 Å². The van der Waals surface area contributed by atoms with Gasteiger partial charge in [0.2, 0.25) is 0 Å². The molecule has 1 aromatic heterocycles. The minimum Gasteiger partial charge on any atom is -0.387 e.